The lowest BCUT2D eigenvalue weighted by Gasteiger charge is -2.29. The van der Waals surface area contributed by atoms with Crippen LogP contribution in [-0.4, -0.2) is 22.6 Å². The zero-order valence-corrected chi connectivity index (χ0v) is 13.2. The summed E-state index contributed by atoms with van der Waals surface area (Å²) in [5.74, 6) is 1.90. The van der Waals surface area contributed by atoms with Gasteiger partial charge < -0.3 is 10.1 Å². The summed E-state index contributed by atoms with van der Waals surface area (Å²) in [6.45, 7) is 5.25. The van der Waals surface area contributed by atoms with E-state index in [1.165, 1.54) is 19.3 Å². The van der Waals surface area contributed by atoms with Crippen LogP contribution in [0.2, 0.25) is 0 Å². The van der Waals surface area contributed by atoms with Crippen molar-refractivity contribution in [3.8, 4) is 5.88 Å². The van der Waals surface area contributed by atoms with Crippen molar-refractivity contribution >= 4 is 21.9 Å². The van der Waals surface area contributed by atoms with Crippen molar-refractivity contribution in [3.05, 3.63) is 10.7 Å². The van der Waals surface area contributed by atoms with E-state index in [0.717, 1.165) is 23.9 Å². The minimum atomic E-state index is 0.277. The molecule has 0 amide bonds. The quantitative estimate of drug-likeness (QED) is 0.887. The maximum absolute atomic E-state index is 6.08. The molecule has 1 aromatic heterocycles. The van der Waals surface area contributed by atoms with Gasteiger partial charge in [-0.2, -0.15) is 4.98 Å². The Morgan fingerprint density at radius 2 is 2.21 bits per heavy atom. The van der Waals surface area contributed by atoms with Gasteiger partial charge in [0, 0.05) is 6.54 Å². The van der Waals surface area contributed by atoms with Gasteiger partial charge in [0.05, 0.1) is 10.7 Å². The molecule has 19 heavy (non-hydrogen) atoms. The Hall–Kier alpha value is -0.840. The first-order valence-corrected chi connectivity index (χ1v) is 7.93. The molecule has 2 rings (SSSR count). The van der Waals surface area contributed by atoms with E-state index in [2.05, 4.69) is 45.1 Å². The number of nitrogens with zero attached hydrogens (tertiary/aromatic N) is 2. The van der Waals surface area contributed by atoms with E-state index in [-0.39, 0.29) is 6.10 Å². The topological polar surface area (TPSA) is 47.0 Å². The standard InChI is InChI=1S/C14H22BrN3O/c1-3-8-16-14-17-9-11(15)13(18-14)19-12-7-5-4-6-10(12)2/h9-10,12H,3-8H2,1-2H3,(H,16,17,18). The normalized spacial score (nSPS) is 23.1. The summed E-state index contributed by atoms with van der Waals surface area (Å²) < 4.78 is 6.91. The van der Waals surface area contributed by atoms with E-state index in [1.807, 2.05) is 0 Å². The first kappa shape index (κ1) is 14.6. The highest BCUT2D eigenvalue weighted by Crippen LogP contribution is 2.30. The van der Waals surface area contributed by atoms with Crippen LogP contribution in [0.3, 0.4) is 0 Å². The third-order valence-electron chi connectivity index (χ3n) is 3.54. The van der Waals surface area contributed by atoms with Gasteiger partial charge in [-0.1, -0.05) is 20.3 Å². The minimum Gasteiger partial charge on any atom is -0.473 e. The van der Waals surface area contributed by atoms with Crippen LogP contribution in [0.15, 0.2) is 10.7 Å². The number of hydrogen-bond acceptors (Lipinski definition) is 4. The van der Waals surface area contributed by atoms with Crippen molar-refractivity contribution < 1.29 is 4.74 Å². The second kappa shape index (κ2) is 7.08. The van der Waals surface area contributed by atoms with Gasteiger partial charge in [0.15, 0.2) is 0 Å². The Morgan fingerprint density at radius 3 is 2.95 bits per heavy atom. The summed E-state index contributed by atoms with van der Waals surface area (Å²) in [7, 11) is 0. The molecule has 1 heterocycles. The van der Waals surface area contributed by atoms with Crippen molar-refractivity contribution in [3.63, 3.8) is 0 Å². The van der Waals surface area contributed by atoms with Crippen molar-refractivity contribution in [2.75, 3.05) is 11.9 Å². The van der Waals surface area contributed by atoms with Crippen LogP contribution < -0.4 is 10.1 Å². The van der Waals surface area contributed by atoms with Crippen molar-refractivity contribution in [2.45, 2.75) is 52.1 Å². The number of anilines is 1. The highest BCUT2D eigenvalue weighted by atomic mass is 79.9. The smallest absolute Gasteiger partial charge is 0.233 e. The lowest BCUT2D eigenvalue weighted by Crippen LogP contribution is -2.28. The molecule has 5 heteroatoms. The van der Waals surface area contributed by atoms with Crippen molar-refractivity contribution in [2.24, 2.45) is 5.92 Å². The largest absolute Gasteiger partial charge is 0.473 e. The number of nitrogens with one attached hydrogen (secondary N) is 1. The summed E-state index contributed by atoms with van der Waals surface area (Å²) >= 11 is 3.47. The predicted octanol–water partition coefficient (Wildman–Crippen LogP) is 4.02. The number of halogens is 1. The molecule has 0 spiro atoms. The predicted molar refractivity (Wildman–Crippen MR) is 80.6 cm³/mol. The Morgan fingerprint density at radius 1 is 1.42 bits per heavy atom. The van der Waals surface area contributed by atoms with Gasteiger partial charge >= 0.3 is 0 Å². The van der Waals surface area contributed by atoms with Gasteiger partial charge in [0.2, 0.25) is 11.8 Å². The second-order valence-electron chi connectivity index (χ2n) is 5.19. The molecule has 2 atom stereocenters. The fraction of sp³-hybridized carbons (Fsp3) is 0.714. The molecule has 106 valence electrons. The van der Waals surface area contributed by atoms with E-state index in [1.54, 1.807) is 6.20 Å². The highest BCUT2D eigenvalue weighted by Gasteiger charge is 2.24. The number of aromatic nitrogens is 2. The highest BCUT2D eigenvalue weighted by molar-refractivity contribution is 9.10. The minimum absolute atomic E-state index is 0.277. The molecule has 1 saturated carbocycles. The van der Waals surface area contributed by atoms with Gasteiger partial charge in [-0.15, -0.1) is 0 Å². The molecule has 1 aromatic rings. The van der Waals surface area contributed by atoms with Crippen LogP contribution in [0.4, 0.5) is 5.95 Å². The molecule has 1 aliphatic rings. The zero-order chi connectivity index (χ0) is 13.7. The van der Waals surface area contributed by atoms with Gasteiger partial charge in [-0.05, 0) is 47.5 Å². The van der Waals surface area contributed by atoms with Crippen molar-refractivity contribution in [1.29, 1.82) is 0 Å². The molecule has 2 unspecified atom stereocenters. The summed E-state index contributed by atoms with van der Waals surface area (Å²) in [6.07, 6.45) is 8.01. The average Bonchev–Trinajstić information content (AvgIpc) is 2.42. The van der Waals surface area contributed by atoms with E-state index < -0.39 is 0 Å². The second-order valence-corrected chi connectivity index (χ2v) is 6.05. The number of rotatable bonds is 5. The molecular weight excluding hydrogens is 306 g/mol. The van der Waals surface area contributed by atoms with Crippen LogP contribution in [0.1, 0.15) is 46.0 Å². The molecule has 1 N–H and O–H groups in total. The van der Waals surface area contributed by atoms with Gasteiger partial charge in [-0.25, -0.2) is 4.98 Å². The first-order valence-electron chi connectivity index (χ1n) is 7.13. The Labute approximate surface area is 123 Å². The fourth-order valence-electron chi connectivity index (χ4n) is 2.36. The fourth-order valence-corrected chi connectivity index (χ4v) is 2.64. The molecule has 0 bridgehead atoms. The van der Waals surface area contributed by atoms with E-state index in [0.29, 0.717) is 17.7 Å². The van der Waals surface area contributed by atoms with Gasteiger partial charge in [-0.3, -0.25) is 0 Å². The van der Waals surface area contributed by atoms with Gasteiger partial charge in [0.1, 0.15) is 6.10 Å². The molecule has 4 nitrogen and oxygen atoms in total. The molecule has 0 saturated heterocycles. The van der Waals surface area contributed by atoms with Crippen LogP contribution in [0, 0.1) is 5.92 Å². The van der Waals surface area contributed by atoms with Crippen LogP contribution in [-0.2, 0) is 0 Å². The summed E-state index contributed by atoms with van der Waals surface area (Å²) in [6, 6.07) is 0. The van der Waals surface area contributed by atoms with Crippen LogP contribution in [0.5, 0.6) is 5.88 Å². The number of hydrogen-bond donors (Lipinski definition) is 1. The molecule has 1 fully saturated rings. The SMILES string of the molecule is CCCNc1ncc(Br)c(OC2CCCCC2C)n1. The zero-order valence-electron chi connectivity index (χ0n) is 11.7. The van der Waals surface area contributed by atoms with Crippen molar-refractivity contribution in [1.82, 2.24) is 9.97 Å². The Kier molecular flexibility index (Phi) is 5.43. The van der Waals surface area contributed by atoms with Crippen LogP contribution in [0.25, 0.3) is 0 Å². The van der Waals surface area contributed by atoms with Gasteiger partial charge in [0.25, 0.3) is 0 Å². The monoisotopic (exact) mass is 327 g/mol. The lowest BCUT2D eigenvalue weighted by atomic mass is 9.88. The first-order chi connectivity index (χ1) is 9.20. The Bertz CT molecular complexity index is 414. The molecular formula is C14H22BrN3O. The summed E-state index contributed by atoms with van der Waals surface area (Å²) in [5.41, 5.74) is 0. The maximum Gasteiger partial charge on any atom is 0.233 e. The van der Waals surface area contributed by atoms with E-state index in [4.69, 9.17) is 4.74 Å². The maximum atomic E-state index is 6.08. The molecule has 0 aromatic carbocycles. The summed E-state index contributed by atoms with van der Waals surface area (Å²) in [5, 5.41) is 3.19. The Balaban J connectivity index is 2.05. The lowest BCUT2D eigenvalue weighted by molar-refractivity contribution is 0.0967. The van der Waals surface area contributed by atoms with E-state index >= 15 is 0 Å². The number of ether oxygens (including phenoxy) is 1. The molecule has 0 radical (unpaired) electrons. The third kappa shape index (κ3) is 4.06. The molecule has 0 aliphatic heterocycles. The molecule has 1 aliphatic carbocycles. The summed E-state index contributed by atoms with van der Waals surface area (Å²) in [4.78, 5) is 8.69. The van der Waals surface area contributed by atoms with Crippen LogP contribution >= 0.6 is 15.9 Å². The third-order valence-corrected chi connectivity index (χ3v) is 4.08. The average molecular weight is 328 g/mol. The van der Waals surface area contributed by atoms with E-state index in [9.17, 15) is 0 Å².